The number of hydrogen-bond donors (Lipinski definition) is 1. The third-order valence-corrected chi connectivity index (χ3v) is 5.24. The standard InChI is InChI=1S/C24H18N2O5/c1-14(15-7-3-2-4-8-15)26-22(28)17-12-11-16(13-19(17)23(26)29)21(27)25-20-10-6-5-9-18(20)24(30)31/h2-14H,1H3,(H,25,27)(H,30,31)/p-1/t14-/m0/s1. The molecule has 1 aliphatic heterocycles. The summed E-state index contributed by atoms with van der Waals surface area (Å²) in [5.74, 6) is -2.94. The van der Waals surface area contributed by atoms with Crippen LogP contribution in [0.5, 0.6) is 0 Å². The topological polar surface area (TPSA) is 107 Å². The SMILES string of the molecule is C[C@@H](c1ccccc1)N1C(=O)c2ccc(C(=O)Nc3ccccc3C(=O)[O-])cc2C1=O. The maximum atomic E-state index is 13.0. The van der Waals surface area contributed by atoms with E-state index in [9.17, 15) is 24.3 Å². The number of anilines is 1. The Hall–Kier alpha value is -4.26. The first kappa shape index (κ1) is 20.0. The zero-order valence-electron chi connectivity index (χ0n) is 16.5. The lowest BCUT2D eigenvalue weighted by molar-refractivity contribution is -0.254. The number of rotatable bonds is 5. The number of hydrogen-bond acceptors (Lipinski definition) is 5. The van der Waals surface area contributed by atoms with Crippen molar-refractivity contribution in [3.63, 3.8) is 0 Å². The fourth-order valence-electron chi connectivity index (χ4n) is 3.60. The Morgan fingerprint density at radius 3 is 2.23 bits per heavy atom. The van der Waals surface area contributed by atoms with Gasteiger partial charge >= 0.3 is 0 Å². The van der Waals surface area contributed by atoms with Gasteiger partial charge in [-0.1, -0.05) is 48.5 Å². The van der Waals surface area contributed by atoms with Gasteiger partial charge in [0.05, 0.1) is 28.8 Å². The number of nitrogens with one attached hydrogen (secondary N) is 1. The van der Waals surface area contributed by atoms with E-state index in [4.69, 9.17) is 0 Å². The van der Waals surface area contributed by atoms with Crippen molar-refractivity contribution < 1.29 is 24.3 Å². The number of imide groups is 1. The van der Waals surface area contributed by atoms with Crippen LogP contribution in [0.1, 0.15) is 60.0 Å². The van der Waals surface area contributed by atoms with Crippen LogP contribution >= 0.6 is 0 Å². The van der Waals surface area contributed by atoms with Crippen LogP contribution in [-0.2, 0) is 0 Å². The number of carboxylic acid groups (broad SMARTS) is 1. The molecule has 4 rings (SSSR count). The molecule has 154 valence electrons. The zero-order valence-corrected chi connectivity index (χ0v) is 16.5. The van der Waals surface area contributed by atoms with Crippen LogP contribution in [0.3, 0.4) is 0 Å². The molecule has 0 bridgehead atoms. The summed E-state index contributed by atoms with van der Waals surface area (Å²) in [4.78, 5) is 50.9. The highest BCUT2D eigenvalue weighted by molar-refractivity contribution is 6.22. The first-order valence-corrected chi connectivity index (χ1v) is 9.57. The quantitative estimate of drug-likeness (QED) is 0.647. The lowest BCUT2D eigenvalue weighted by Crippen LogP contribution is -2.32. The summed E-state index contributed by atoms with van der Waals surface area (Å²) in [5.41, 5.74) is 1.21. The number of carbonyl (C=O) groups is 4. The average molecular weight is 413 g/mol. The van der Waals surface area contributed by atoms with E-state index in [0.717, 1.165) is 5.56 Å². The highest BCUT2D eigenvalue weighted by Gasteiger charge is 2.39. The molecule has 0 aromatic heterocycles. The molecule has 0 saturated carbocycles. The lowest BCUT2D eigenvalue weighted by atomic mass is 10.0. The highest BCUT2D eigenvalue weighted by atomic mass is 16.4. The van der Waals surface area contributed by atoms with Crippen molar-refractivity contribution in [3.05, 3.63) is 101 Å². The van der Waals surface area contributed by atoms with Crippen LogP contribution in [0.4, 0.5) is 5.69 Å². The van der Waals surface area contributed by atoms with Crippen LogP contribution in [0, 0.1) is 0 Å². The third kappa shape index (κ3) is 3.57. The number of nitrogens with zero attached hydrogens (tertiary/aromatic N) is 1. The molecule has 1 heterocycles. The Morgan fingerprint density at radius 1 is 0.871 bits per heavy atom. The van der Waals surface area contributed by atoms with E-state index in [-0.39, 0.29) is 27.9 Å². The number of amides is 3. The molecule has 1 aliphatic rings. The number of para-hydroxylation sites is 1. The molecule has 0 unspecified atom stereocenters. The van der Waals surface area contributed by atoms with Crippen molar-refractivity contribution in [2.24, 2.45) is 0 Å². The summed E-state index contributed by atoms with van der Waals surface area (Å²) in [6.07, 6.45) is 0. The van der Waals surface area contributed by atoms with Crippen LogP contribution in [-0.4, -0.2) is 28.6 Å². The van der Waals surface area contributed by atoms with Gasteiger partial charge in [-0.25, -0.2) is 0 Å². The summed E-state index contributed by atoms with van der Waals surface area (Å²) in [5, 5.41) is 13.8. The van der Waals surface area contributed by atoms with Crippen molar-refractivity contribution in [2.45, 2.75) is 13.0 Å². The van der Waals surface area contributed by atoms with E-state index in [1.165, 1.54) is 41.3 Å². The van der Waals surface area contributed by atoms with Gasteiger partial charge in [0.1, 0.15) is 0 Å². The van der Waals surface area contributed by atoms with Gasteiger partial charge in [0.15, 0.2) is 0 Å². The molecule has 0 saturated heterocycles. The molecule has 3 amide bonds. The van der Waals surface area contributed by atoms with E-state index in [1.54, 1.807) is 13.0 Å². The largest absolute Gasteiger partial charge is 0.545 e. The van der Waals surface area contributed by atoms with Crippen LogP contribution in [0.2, 0.25) is 0 Å². The van der Waals surface area contributed by atoms with E-state index >= 15 is 0 Å². The van der Waals surface area contributed by atoms with Crippen LogP contribution < -0.4 is 10.4 Å². The minimum Gasteiger partial charge on any atom is -0.545 e. The first-order chi connectivity index (χ1) is 14.9. The maximum absolute atomic E-state index is 13.0. The molecular weight excluding hydrogens is 396 g/mol. The van der Waals surface area contributed by atoms with Gasteiger partial charge in [-0.3, -0.25) is 19.3 Å². The monoisotopic (exact) mass is 413 g/mol. The second kappa shape index (κ2) is 7.87. The predicted molar refractivity (Wildman–Crippen MR) is 111 cm³/mol. The molecule has 0 spiro atoms. The normalized spacial score (nSPS) is 13.6. The first-order valence-electron chi connectivity index (χ1n) is 9.57. The second-order valence-corrected chi connectivity index (χ2v) is 7.11. The zero-order chi connectivity index (χ0) is 22.1. The molecule has 3 aromatic rings. The lowest BCUT2D eigenvalue weighted by Gasteiger charge is -2.22. The summed E-state index contributed by atoms with van der Waals surface area (Å²) in [6, 6.07) is 18.8. The molecule has 0 radical (unpaired) electrons. The number of fused-ring (bicyclic) bond motifs is 1. The van der Waals surface area contributed by atoms with Crippen LogP contribution in [0.25, 0.3) is 0 Å². The van der Waals surface area contributed by atoms with Gasteiger partial charge in [-0.15, -0.1) is 0 Å². The Bertz CT molecular complexity index is 1220. The number of aromatic carboxylic acids is 1. The van der Waals surface area contributed by atoms with Gasteiger partial charge in [0.2, 0.25) is 0 Å². The number of carbonyl (C=O) groups excluding carboxylic acids is 4. The fraction of sp³-hybridized carbons (Fsp3) is 0.0833. The number of carboxylic acids is 1. The van der Waals surface area contributed by atoms with Gasteiger partial charge in [-0.05, 0) is 36.8 Å². The Balaban J connectivity index is 1.62. The molecule has 7 nitrogen and oxygen atoms in total. The minimum absolute atomic E-state index is 0.0785. The van der Waals surface area contributed by atoms with Gasteiger partial charge in [0.25, 0.3) is 17.7 Å². The molecule has 3 aromatic carbocycles. The molecule has 1 N–H and O–H groups in total. The van der Waals surface area contributed by atoms with E-state index in [1.807, 2.05) is 30.3 Å². The number of benzene rings is 3. The minimum atomic E-state index is -1.42. The predicted octanol–water partition coefficient (Wildman–Crippen LogP) is 2.66. The van der Waals surface area contributed by atoms with Gasteiger partial charge < -0.3 is 15.2 Å². The highest BCUT2D eigenvalue weighted by Crippen LogP contribution is 2.32. The van der Waals surface area contributed by atoms with Crippen molar-refractivity contribution in [1.29, 1.82) is 0 Å². The van der Waals surface area contributed by atoms with E-state index < -0.39 is 29.7 Å². The molecule has 0 aliphatic carbocycles. The summed E-state index contributed by atoms with van der Waals surface area (Å²) >= 11 is 0. The molecular formula is C24H17N2O5-. The van der Waals surface area contributed by atoms with Crippen molar-refractivity contribution >= 4 is 29.4 Å². The van der Waals surface area contributed by atoms with Gasteiger partial charge in [-0.2, -0.15) is 0 Å². The second-order valence-electron chi connectivity index (χ2n) is 7.11. The molecule has 7 heteroatoms. The van der Waals surface area contributed by atoms with E-state index in [2.05, 4.69) is 5.32 Å². The van der Waals surface area contributed by atoms with Crippen LogP contribution in [0.15, 0.2) is 72.8 Å². The third-order valence-electron chi connectivity index (χ3n) is 5.24. The molecule has 0 fully saturated rings. The van der Waals surface area contributed by atoms with E-state index in [0.29, 0.717) is 0 Å². The Morgan fingerprint density at radius 2 is 1.52 bits per heavy atom. The Kier molecular flexibility index (Phi) is 5.09. The Labute approximate surface area is 177 Å². The summed E-state index contributed by atoms with van der Waals surface area (Å²) in [7, 11) is 0. The summed E-state index contributed by atoms with van der Waals surface area (Å²) in [6.45, 7) is 1.77. The smallest absolute Gasteiger partial charge is 0.262 e. The van der Waals surface area contributed by atoms with Gasteiger partial charge in [0, 0.05) is 11.1 Å². The molecule has 1 atom stereocenters. The fourth-order valence-corrected chi connectivity index (χ4v) is 3.60. The summed E-state index contributed by atoms with van der Waals surface area (Å²) < 4.78 is 0. The average Bonchev–Trinajstić information content (AvgIpc) is 3.03. The van der Waals surface area contributed by atoms with Crippen molar-refractivity contribution in [2.75, 3.05) is 5.32 Å². The van der Waals surface area contributed by atoms with Crippen molar-refractivity contribution in [3.8, 4) is 0 Å². The maximum Gasteiger partial charge on any atom is 0.262 e. The molecule has 31 heavy (non-hydrogen) atoms. The van der Waals surface area contributed by atoms with Crippen molar-refractivity contribution in [1.82, 2.24) is 4.90 Å².